The summed E-state index contributed by atoms with van der Waals surface area (Å²) in [6, 6.07) is 9.60. The Hall–Kier alpha value is -2.80. The van der Waals surface area contributed by atoms with E-state index < -0.39 is 5.60 Å². The van der Waals surface area contributed by atoms with Crippen LogP contribution in [0.2, 0.25) is 0 Å². The summed E-state index contributed by atoms with van der Waals surface area (Å²) in [6.45, 7) is 3.36. The average molecular weight is 383 g/mol. The molecular formula is C21H22FN3O3. The molecule has 0 N–H and O–H groups in total. The molecule has 0 bridgehead atoms. The molecule has 2 aliphatic rings. The van der Waals surface area contributed by atoms with E-state index in [2.05, 4.69) is 4.98 Å². The highest BCUT2D eigenvalue weighted by atomic mass is 19.1. The fraction of sp³-hybridized carbons (Fsp3) is 0.381. The van der Waals surface area contributed by atoms with Crippen molar-refractivity contribution in [2.24, 2.45) is 0 Å². The van der Waals surface area contributed by atoms with Gasteiger partial charge in [0.25, 0.3) is 11.8 Å². The number of ether oxygens (including phenoxy) is 1. The predicted octanol–water partition coefficient (Wildman–Crippen LogP) is 2.57. The Labute approximate surface area is 162 Å². The summed E-state index contributed by atoms with van der Waals surface area (Å²) in [7, 11) is 0. The van der Waals surface area contributed by atoms with Gasteiger partial charge in [0.1, 0.15) is 18.1 Å². The third kappa shape index (κ3) is 3.49. The molecule has 0 unspecified atom stereocenters. The minimum atomic E-state index is -0.488. The van der Waals surface area contributed by atoms with E-state index in [4.69, 9.17) is 4.74 Å². The number of anilines is 1. The molecule has 4 rings (SSSR count). The Morgan fingerprint density at radius 3 is 2.57 bits per heavy atom. The molecule has 1 aromatic carbocycles. The minimum Gasteiger partial charge on any atom is -0.363 e. The van der Waals surface area contributed by atoms with Gasteiger partial charge in [0.2, 0.25) is 0 Å². The van der Waals surface area contributed by atoms with Crippen molar-refractivity contribution in [3.63, 3.8) is 0 Å². The van der Waals surface area contributed by atoms with E-state index in [0.717, 1.165) is 5.56 Å². The number of nitrogens with zero attached hydrogens (tertiary/aromatic N) is 3. The Morgan fingerprint density at radius 1 is 1.18 bits per heavy atom. The number of benzene rings is 1. The molecule has 0 radical (unpaired) electrons. The number of likely N-dealkylation sites (tertiary alicyclic amines) is 1. The lowest BCUT2D eigenvalue weighted by atomic mass is 9.88. The lowest BCUT2D eigenvalue weighted by Crippen LogP contribution is -2.59. The second kappa shape index (κ2) is 7.31. The molecule has 2 fully saturated rings. The second-order valence-corrected chi connectivity index (χ2v) is 7.39. The number of aryl methyl sites for hydroxylation is 1. The van der Waals surface area contributed by atoms with Gasteiger partial charge in [-0.2, -0.15) is 0 Å². The molecule has 7 heteroatoms. The van der Waals surface area contributed by atoms with E-state index in [0.29, 0.717) is 43.9 Å². The standard InChI is InChI=1S/C21H22FN3O3/c1-15-3-2-10-23-19(15)20(27)24-11-8-21(9-12-24)14-25(18(26)13-28-21)17-6-4-16(22)5-7-17/h2-7,10H,8-9,11-14H2,1H3. The van der Waals surface area contributed by atoms with E-state index in [1.807, 2.05) is 19.1 Å². The van der Waals surface area contributed by atoms with Gasteiger partial charge in [-0.25, -0.2) is 4.39 Å². The van der Waals surface area contributed by atoms with Gasteiger partial charge in [0, 0.05) is 25.0 Å². The third-order valence-corrected chi connectivity index (χ3v) is 5.56. The number of carbonyl (C=O) groups is 2. The number of hydrogen-bond donors (Lipinski definition) is 0. The van der Waals surface area contributed by atoms with Crippen molar-refractivity contribution in [2.75, 3.05) is 31.1 Å². The van der Waals surface area contributed by atoms with Gasteiger partial charge in [-0.05, 0) is 55.7 Å². The second-order valence-electron chi connectivity index (χ2n) is 7.39. The highest BCUT2D eigenvalue weighted by Crippen LogP contribution is 2.33. The zero-order valence-electron chi connectivity index (χ0n) is 15.7. The number of aromatic nitrogens is 1. The summed E-state index contributed by atoms with van der Waals surface area (Å²) < 4.78 is 19.1. The quantitative estimate of drug-likeness (QED) is 0.800. The van der Waals surface area contributed by atoms with E-state index >= 15 is 0 Å². The van der Waals surface area contributed by atoms with Crippen molar-refractivity contribution in [1.29, 1.82) is 0 Å². The van der Waals surface area contributed by atoms with Gasteiger partial charge in [0.05, 0.1) is 12.1 Å². The topological polar surface area (TPSA) is 62.7 Å². The largest absolute Gasteiger partial charge is 0.363 e. The third-order valence-electron chi connectivity index (χ3n) is 5.56. The molecule has 3 heterocycles. The molecule has 2 aromatic rings. The van der Waals surface area contributed by atoms with Gasteiger partial charge in [0.15, 0.2) is 0 Å². The van der Waals surface area contributed by atoms with E-state index in [9.17, 15) is 14.0 Å². The molecule has 0 atom stereocenters. The number of morpholine rings is 1. The molecular weight excluding hydrogens is 361 g/mol. The van der Waals surface area contributed by atoms with Crippen LogP contribution in [0.4, 0.5) is 10.1 Å². The first-order chi connectivity index (χ1) is 13.5. The van der Waals surface area contributed by atoms with Crippen molar-refractivity contribution >= 4 is 17.5 Å². The molecule has 2 amide bonds. The molecule has 1 spiro atoms. The van der Waals surface area contributed by atoms with Crippen LogP contribution in [0.25, 0.3) is 0 Å². The Bertz CT molecular complexity index is 892. The number of halogens is 1. The number of hydrogen-bond acceptors (Lipinski definition) is 4. The lowest BCUT2D eigenvalue weighted by Gasteiger charge is -2.46. The first-order valence-electron chi connectivity index (χ1n) is 9.38. The summed E-state index contributed by atoms with van der Waals surface area (Å²) in [4.78, 5) is 32.8. The molecule has 6 nitrogen and oxygen atoms in total. The summed E-state index contributed by atoms with van der Waals surface area (Å²) in [5, 5.41) is 0. The maximum absolute atomic E-state index is 13.2. The monoisotopic (exact) mass is 383 g/mol. The normalized spacial score (nSPS) is 19.1. The van der Waals surface area contributed by atoms with Crippen LogP contribution in [0.15, 0.2) is 42.6 Å². The van der Waals surface area contributed by atoms with Crippen LogP contribution in [-0.2, 0) is 9.53 Å². The van der Waals surface area contributed by atoms with E-state index in [-0.39, 0.29) is 24.2 Å². The molecule has 28 heavy (non-hydrogen) atoms. The van der Waals surface area contributed by atoms with Crippen LogP contribution in [0, 0.1) is 12.7 Å². The summed E-state index contributed by atoms with van der Waals surface area (Å²) in [5.41, 5.74) is 1.51. The number of carbonyl (C=O) groups excluding carboxylic acids is 2. The number of amides is 2. The average Bonchev–Trinajstić information content (AvgIpc) is 2.71. The Balaban J connectivity index is 1.46. The van der Waals surface area contributed by atoms with Crippen LogP contribution in [0.1, 0.15) is 28.9 Å². The molecule has 2 saturated heterocycles. The minimum absolute atomic E-state index is 0.00925. The number of rotatable bonds is 2. The fourth-order valence-electron chi connectivity index (χ4n) is 3.85. The Kier molecular flexibility index (Phi) is 4.85. The first kappa shape index (κ1) is 18.6. The smallest absolute Gasteiger partial charge is 0.272 e. The van der Waals surface area contributed by atoms with Crippen LogP contribution in [-0.4, -0.2) is 53.5 Å². The van der Waals surface area contributed by atoms with Crippen molar-refractivity contribution < 1.29 is 18.7 Å². The van der Waals surface area contributed by atoms with Crippen molar-refractivity contribution in [2.45, 2.75) is 25.4 Å². The molecule has 0 saturated carbocycles. The maximum atomic E-state index is 13.2. The zero-order chi connectivity index (χ0) is 19.7. The van der Waals surface area contributed by atoms with E-state index in [1.165, 1.54) is 12.1 Å². The fourth-order valence-corrected chi connectivity index (χ4v) is 3.85. The van der Waals surface area contributed by atoms with Crippen molar-refractivity contribution in [1.82, 2.24) is 9.88 Å². The van der Waals surface area contributed by atoms with Gasteiger partial charge < -0.3 is 14.5 Å². The van der Waals surface area contributed by atoms with Crippen LogP contribution < -0.4 is 4.90 Å². The van der Waals surface area contributed by atoms with Gasteiger partial charge in [-0.1, -0.05) is 6.07 Å². The molecule has 0 aliphatic carbocycles. The molecule has 2 aliphatic heterocycles. The Morgan fingerprint density at radius 2 is 1.89 bits per heavy atom. The molecule has 146 valence electrons. The van der Waals surface area contributed by atoms with Crippen molar-refractivity contribution in [3.05, 3.63) is 59.7 Å². The van der Waals surface area contributed by atoms with Crippen LogP contribution in [0.3, 0.4) is 0 Å². The highest BCUT2D eigenvalue weighted by Gasteiger charge is 2.43. The maximum Gasteiger partial charge on any atom is 0.272 e. The van der Waals surface area contributed by atoms with Crippen LogP contribution in [0.5, 0.6) is 0 Å². The summed E-state index contributed by atoms with van der Waals surface area (Å²) in [5.74, 6) is -0.550. The SMILES string of the molecule is Cc1cccnc1C(=O)N1CCC2(CC1)CN(c1ccc(F)cc1)C(=O)CO2. The van der Waals surface area contributed by atoms with Crippen molar-refractivity contribution in [3.8, 4) is 0 Å². The molecule has 1 aromatic heterocycles. The highest BCUT2D eigenvalue weighted by molar-refractivity contribution is 5.95. The van der Waals surface area contributed by atoms with Gasteiger partial charge in [-0.15, -0.1) is 0 Å². The number of piperidine rings is 1. The van der Waals surface area contributed by atoms with E-state index in [1.54, 1.807) is 28.1 Å². The zero-order valence-corrected chi connectivity index (χ0v) is 15.7. The van der Waals surface area contributed by atoms with Crippen LogP contribution >= 0.6 is 0 Å². The number of pyridine rings is 1. The summed E-state index contributed by atoms with van der Waals surface area (Å²) >= 11 is 0. The van der Waals surface area contributed by atoms with Gasteiger partial charge >= 0.3 is 0 Å². The summed E-state index contributed by atoms with van der Waals surface area (Å²) in [6.07, 6.45) is 2.90. The first-order valence-corrected chi connectivity index (χ1v) is 9.38. The van der Waals surface area contributed by atoms with Gasteiger partial charge in [-0.3, -0.25) is 14.6 Å². The predicted molar refractivity (Wildman–Crippen MR) is 102 cm³/mol. The lowest BCUT2D eigenvalue weighted by molar-refractivity contribution is -0.143.